The molecule has 0 saturated carbocycles. The first-order valence-corrected chi connectivity index (χ1v) is 8.34. The average Bonchev–Trinajstić information content (AvgIpc) is 2.61. The molecule has 2 rings (SSSR count). The van der Waals surface area contributed by atoms with E-state index in [4.69, 9.17) is 28.4 Å². The summed E-state index contributed by atoms with van der Waals surface area (Å²) in [5, 5.41) is 17.7. The maximum atomic E-state index is 12.8. The molecule has 0 spiro atoms. The van der Waals surface area contributed by atoms with Crippen molar-refractivity contribution in [3.63, 3.8) is 0 Å². The Bertz CT molecular complexity index is 909. The lowest BCUT2D eigenvalue weighted by atomic mass is 10.2. The molecule has 6 nitrogen and oxygen atoms in total. The maximum Gasteiger partial charge on any atom is 0.416 e. The van der Waals surface area contributed by atoms with Crippen LogP contribution in [-0.2, 0) is 11.0 Å². The summed E-state index contributed by atoms with van der Waals surface area (Å²) in [6.07, 6.45) is -4.61. The molecule has 1 amide bonds. The fourth-order valence-corrected chi connectivity index (χ4v) is 2.60. The van der Waals surface area contributed by atoms with Crippen LogP contribution in [0.15, 0.2) is 52.7 Å². The molecule has 0 aliphatic carbocycles. The summed E-state index contributed by atoms with van der Waals surface area (Å²) in [5.41, 5.74) is 1.23. The number of anilines is 2. The van der Waals surface area contributed by atoms with Crippen LogP contribution in [0.2, 0.25) is 10.0 Å². The van der Waals surface area contributed by atoms with Gasteiger partial charge < -0.3 is 10.5 Å². The SMILES string of the molecule is CC(=NNc1c(Cl)cc(C(F)(F)F)cc1Cl)C(=NO)C(=O)Nc1ccccc1. The van der Waals surface area contributed by atoms with E-state index in [1.54, 1.807) is 30.3 Å². The van der Waals surface area contributed by atoms with Gasteiger partial charge in [0, 0.05) is 5.69 Å². The van der Waals surface area contributed by atoms with E-state index in [0.29, 0.717) is 17.8 Å². The molecule has 28 heavy (non-hydrogen) atoms. The van der Waals surface area contributed by atoms with E-state index in [0.717, 1.165) is 0 Å². The molecule has 0 aliphatic rings. The van der Waals surface area contributed by atoms with Crippen LogP contribution in [-0.4, -0.2) is 22.5 Å². The number of oxime groups is 1. The van der Waals surface area contributed by atoms with Gasteiger partial charge in [0.15, 0.2) is 5.71 Å². The largest absolute Gasteiger partial charge is 0.416 e. The van der Waals surface area contributed by atoms with Crippen LogP contribution in [0.3, 0.4) is 0 Å². The molecule has 0 unspecified atom stereocenters. The summed E-state index contributed by atoms with van der Waals surface area (Å²) in [6, 6.07) is 9.77. The molecule has 2 aromatic carbocycles. The van der Waals surface area contributed by atoms with Crippen molar-refractivity contribution in [2.45, 2.75) is 13.1 Å². The van der Waals surface area contributed by atoms with E-state index < -0.39 is 23.4 Å². The van der Waals surface area contributed by atoms with Gasteiger partial charge in [-0.15, -0.1) is 0 Å². The Morgan fingerprint density at radius 1 is 1.11 bits per heavy atom. The van der Waals surface area contributed by atoms with Crippen LogP contribution in [0.5, 0.6) is 0 Å². The number of hydrogen-bond donors (Lipinski definition) is 3. The van der Waals surface area contributed by atoms with E-state index in [9.17, 15) is 18.0 Å². The van der Waals surface area contributed by atoms with Gasteiger partial charge in [0.2, 0.25) is 0 Å². The monoisotopic (exact) mass is 432 g/mol. The van der Waals surface area contributed by atoms with Crippen LogP contribution in [0.1, 0.15) is 12.5 Å². The molecule has 148 valence electrons. The van der Waals surface area contributed by atoms with Crippen LogP contribution >= 0.6 is 23.2 Å². The Hall–Kier alpha value is -2.78. The second-order valence-electron chi connectivity index (χ2n) is 5.39. The predicted octanol–water partition coefficient (Wildman–Crippen LogP) is 5.27. The standard InChI is InChI=1S/C17H13Cl2F3N4O2/c1-9(14(26-28)16(27)23-11-5-3-2-4-6-11)24-25-15-12(18)7-10(8-13(15)19)17(20,21)22/h2-8,25,28H,1H3,(H,23,27). The third kappa shape index (κ3) is 5.37. The third-order valence-corrected chi connectivity index (χ3v) is 3.99. The van der Waals surface area contributed by atoms with E-state index in [1.165, 1.54) is 6.92 Å². The number of hydrazone groups is 1. The van der Waals surface area contributed by atoms with Gasteiger partial charge in [-0.2, -0.15) is 18.3 Å². The normalized spacial score (nSPS) is 12.6. The summed E-state index contributed by atoms with van der Waals surface area (Å²) in [4.78, 5) is 12.2. The Labute approximate surface area is 167 Å². The number of carbonyl (C=O) groups excluding carboxylic acids is 1. The first-order valence-electron chi connectivity index (χ1n) is 7.59. The highest BCUT2D eigenvalue weighted by atomic mass is 35.5. The van der Waals surface area contributed by atoms with Gasteiger partial charge in [-0.3, -0.25) is 10.2 Å². The summed E-state index contributed by atoms with van der Waals surface area (Å²) in [7, 11) is 0. The molecule has 0 atom stereocenters. The van der Waals surface area contributed by atoms with Gasteiger partial charge in [-0.25, -0.2) is 0 Å². The van der Waals surface area contributed by atoms with Crippen molar-refractivity contribution >= 4 is 51.9 Å². The summed E-state index contributed by atoms with van der Waals surface area (Å²) >= 11 is 11.7. The van der Waals surface area contributed by atoms with Gasteiger partial charge in [0.05, 0.1) is 27.0 Å². The summed E-state index contributed by atoms with van der Waals surface area (Å²) < 4.78 is 38.3. The molecular weight excluding hydrogens is 420 g/mol. The van der Waals surface area contributed by atoms with E-state index in [1.807, 2.05) is 0 Å². The zero-order valence-corrected chi connectivity index (χ0v) is 15.7. The maximum absolute atomic E-state index is 12.8. The van der Waals surface area contributed by atoms with Crippen LogP contribution < -0.4 is 10.7 Å². The highest BCUT2D eigenvalue weighted by Gasteiger charge is 2.32. The van der Waals surface area contributed by atoms with E-state index in [2.05, 4.69) is 21.0 Å². The molecule has 0 aliphatic heterocycles. The van der Waals surface area contributed by atoms with Gasteiger partial charge >= 0.3 is 6.18 Å². The van der Waals surface area contributed by atoms with Crippen molar-refractivity contribution < 1.29 is 23.2 Å². The second kappa shape index (κ2) is 8.94. The fraction of sp³-hybridized carbons (Fsp3) is 0.118. The van der Waals surface area contributed by atoms with Crippen molar-refractivity contribution in [1.82, 2.24) is 0 Å². The molecule has 0 saturated heterocycles. The lowest BCUT2D eigenvalue weighted by Gasteiger charge is -2.12. The predicted molar refractivity (Wildman–Crippen MR) is 102 cm³/mol. The topological polar surface area (TPSA) is 86.1 Å². The average molecular weight is 433 g/mol. The van der Waals surface area contributed by atoms with Crippen molar-refractivity contribution in [3.05, 3.63) is 58.1 Å². The number of halogens is 5. The smallest absolute Gasteiger partial charge is 0.410 e. The van der Waals surface area contributed by atoms with Gasteiger partial charge in [-0.05, 0) is 31.2 Å². The molecule has 0 radical (unpaired) electrons. The highest BCUT2D eigenvalue weighted by molar-refractivity contribution is 6.68. The van der Waals surface area contributed by atoms with Gasteiger partial charge in [0.25, 0.3) is 5.91 Å². The Morgan fingerprint density at radius 3 is 2.18 bits per heavy atom. The summed E-state index contributed by atoms with van der Waals surface area (Å²) in [5.74, 6) is -0.749. The molecule has 0 aromatic heterocycles. The molecule has 0 heterocycles. The summed E-state index contributed by atoms with van der Waals surface area (Å²) in [6.45, 7) is 1.35. The van der Waals surface area contributed by atoms with Crippen LogP contribution in [0.25, 0.3) is 0 Å². The first-order chi connectivity index (χ1) is 13.1. The van der Waals surface area contributed by atoms with Crippen molar-refractivity contribution in [2.24, 2.45) is 10.3 Å². The zero-order valence-electron chi connectivity index (χ0n) is 14.2. The number of carbonyl (C=O) groups is 1. The first kappa shape index (κ1) is 21.5. The lowest BCUT2D eigenvalue weighted by molar-refractivity contribution is -0.137. The van der Waals surface area contributed by atoms with Gasteiger partial charge in [0.1, 0.15) is 0 Å². The second-order valence-corrected chi connectivity index (χ2v) is 6.20. The van der Waals surface area contributed by atoms with Crippen molar-refractivity contribution in [3.8, 4) is 0 Å². The number of nitrogens with one attached hydrogen (secondary N) is 2. The Kier molecular flexibility index (Phi) is 6.87. The Morgan fingerprint density at radius 2 is 1.68 bits per heavy atom. The zero-order chi connectivity index (χ0) is 20.9. The quantitative estimate of drug-likeness (QED) is 0.341. The number of nitrogens with zero attached hydrogens (tertiary/aromatic N) is 2. The van der Waals surface area contributed by atoms with Crippen molar-refractivity contribution in [2.75, 3.05) is 10.7 Å². The number of hydrogen-bond acceptors (Lipinski definition) is 5. The van der Waals surface area contributed by atoms with Crippen LogP contribution in [0.4, 0.5) is 24.5 Å². The molecule has 0 bridgehead atoms. The number of para-hydroxylation sites is 1. The number of amides is 1. The molecule has 3 N–H and O–H groups in total. The minimum atomic E-state index is -4.61. The molecule has 11 heteroatoms. The van der Waals surface area contributed by atoms with E-state index in [-0.39, 0.29) is 21.4 Å². The minimum absolute atomic E-state index is 0.0667. The Balaban J connectivity index is 2.19. The fourth-order valence-electron chi connectivity index (χ4n) is 2.03. The molecule has 0 fully saturated rings. The highest BCUT2D eigenvalue weighted by Crippen LogP contribution is 2.38. The van der Waals surface area contributed by atoms with Gasteiger partial charge in [-0.1, -0.05) is 46.6 Å². The van der Waals surface area contributed by atoms with E-state index >= 15 is 0 Å². The van der Waals surface area contributed by atoms with Crippen molar-refractivity contribution in [1.29, 1.82) is 0 Å². The minimum Gasteiger partial charge on any atom is -0.410 e. The lowest BCUT2D eigenvalue weighted by Crippen LogP contribution is -2.29. The number of alkyl halides is 3. The molecular formula is C17H13Cl2F3N4O2. The van der Waals surface area contributed by atoms with Crippen LogP contribution in [0, 0.1) is 0 Å². The third-order valence-electron chi connectivity index (χ3n) is 3.39. The molecule has 2 aromatic rings. The number of benzene rings is 2. The number of rotatable bonds is 5.